The summed E-state index contributed by atoms with van der Waals surface area (Å²) in [7, 11) is 0. The van der Waals surface area contributed by atoms with E-state index in [0.29, 0.717) is 6.61 Å². The fourth-order valence-electron chi connectivity index (χ4n) is 4.18. The van der Waals surface area contributed by atoms with Crippen LogP contribution in [0.5, 0.6) is 0 Å². The van der Waals surface area contributed by atoms with Crippen molar-refractivity contribution in [3.05, 3.63) is 102 Å². The number of carbonyl (C=O) groups excluding carboxylic acids is 1. The van der Waals surface area contributed by atoms with Crippen LogP contribution in [-0.2, 0) is 41.8 Å². The van der Waals surface area contributed by atoms with Crippen LogP contribution in [0.1, 0.15) is 30.9 Å². The summed E-state index contributed by atoms with van der Waals surface area (Å²) in [6.45, 7) is 2.44. The summed E-state index contributed by atoms with van der Waals surface area (Å²) < 4.78 is 25.1. The first-order valence-electron chi connectivity index (χ1n) is 12.6. The first-order valence-corrected chi connectivity index (χ1v) is 13.5. The van der Waals surface area contributed by atoms with Crippen LogP contribution in [0.3, 0.4) is 0 Å². The Hall–Kier alpha value is -3.17. The minimum absolute atomic E-state index is 0.234. The van der Waals surface area contributed by atoms with Crippen molar-refractivity contribution in [1.82, 2.24) is 0 Å². The first-order chi connectivity index (χ1) is 18.5. The van der Waals surface area contributed by atoms with E-state index in [1.165, 1.54) is 11.8 Å². The molecule has 0 radical (unpaired) electrons. The van der Waals surface area contributed by atoms with Gasteiger partial charge in [0.15, 0.2) is 6.10 Å². The van der Waals surface area contributed by atoms with Gasteiger partial charge in [-0.1, -0.05) is 90.6 Å². The Morgan fingerprint density at radius 2 is 1.29 bits per heavy atom. The molecule has 0 aliphatic carbocycles. The van der Waals surface area contributed by atoms with Crippen molar-refractivity contribution in [1.29, 1.82) is 0 Å². The number of aliphatic carboxylic acids is 1. The van der Waals surface area contributed by atoms with Gasteiger partial charge in [-0.2, -0.15) is 0 Å². The molecule has 1 aliphatic rings. The zero-order valence-corrected chi connectivity index (χ0v) is 22.0. The number of carboxylic acid groups (broad SMARTS) is 1. The molecule has 1 fully saturated rings. The highest BCUT2D eigenvalue weighted by atomic mass is 32.2. The second-order valence-corrected chi connectivity index (χ2v) is 10.2. The molecule has 0 saturated carbocycles. The summed E-state index contributed by atoms with van der Waals surface area (Å²) in [6.07, 6.45) is -3.08. The average Bonchev–Trinajstić information content (AvgIpc) is 2.93. The molecule has 3 aromatic rings. The van der Waals surface area contributed by atoms with Gasteiger partial charge in [-0.05, 0) is 30.2 Å². The predicted octanol–water partition coefficient (Wildman–Crippen LogP) is 5.47. The third-order valence-electron chi connectivity index (χ3n) is 6.10. The van der Waals surface area contributed by atoms with Crippen molar-refractivity contribution in [2.75, 3.05) is 0 Å². The Balaban J connectivity index is 1.60. The molecule has 7 nitrogen and oxygen atoms in total. The molecule has 38 heavy (non-hydrogen) atoms. The lowest BCUT2D eigenvalue weighted by Gasteiger charge is -2.44. The SMILES string of the molecule is CC1O[C@@H](Sc2ccccc2)C(OCc2ccccc2)[C@H](OCc2ccccc2)[C@H]1OC(=O)CCC(=O)O. The topological polar surface area (TPSA) is 91.3 Å². The van der Waals surface area contributed by atoms with Gasteiger partial charge in [0.05, 0.1) is 32.2 Å². The standard InChI is InChI=1S/C30H32O7S/c1-21-27(37-26(33)18-17-25(31)32)28(34-19-22-11-5-2-6-12-22)29(35-20-23-13-7-3-8-14-23)30(36-21)38-24-15-9-4-10-16-24/h2-16,21,27-30H,17-20H2,1H3,(H,31,32)/t21?,27-,28+,29?,30-/m0/s1. The van der Waals surface area contributed by atoms with Gasteiger partial charge in [0.1, 0.15) is 17.6 Å². The van der Waals surface area contributed by atoms with Gasteiger partial charge < -0.3 is 24.1 Å². The molecule has 0 spiro atoms. The van der Waals surface area contributed by atoms with Crippen molar-refractivity contribution >= 4 is 23.7 Å². The summed E-state index contributed by atoms with van der Waals surface area (Å²) in [6, 6.07) is 29.4. The number of carboxylic acids is 1. The Morgan fingerprint density at radius 3 is 1.84 bits per heavy atom. The number of esters is 1. The third-order valence-corrected chi connectivity index (χ3v) is 7.26. The number of ether oxygens (including phenoxy) is 4. The van der Waals surface area contributed by atoms with Crippen LogP contribution >= 0.6 is 11.8 Å². The van der Waals surface area contributed by atoms with E-state index in [1.807, 2.05) is 97.9 Å². The number of carbonyl (C=O) groups is 2. The molecular weight excluding hydrogens is 504 g/mol. The van der Waals surface area contributed by atoms with Crippen molar-refractivity contribution in [2.45, 2.75) is 67.7 Å². The van der Waals surface area contributed by atoms with E-state index in [0.717, 1.165) is 16.0 Å². The molecule has 0 bridgehead atoms. The molecule has 200 valence electrons. The highest BCUT2D eigenvalue weighted by molar-refractivity contribution is 7.99. The van der Waals surface area contributed by atoms with Crippen molar-refractivity contribution < 1.29 is 33.6 Å². The van der Waals surface area contributed by atoms with E-state index in [4.69, 9.17) is 24.1 Å². The van der Waals surface area contributed by atoms with E-state index < -0.39 is 41.8 Å². The highest BCUT2D eigenvalue weighted by Crippen LogP contribution is 2.37. The number of hydrogen-bond donors (Lipinski definition) is 1. The second kappa shape index (κ2) is 14.1. The van der Waals surface area contributed by atoms with Crippen LogP contribution < -0.4 is 0 Å². The van der Waals surface area contributed by atoms with Crippen molar-refractivity contribution in [3.63, 3.8) is 0 Å². The Labute approximate surface area is 227 Å². The molecule has 0 aromatic heterocycles. The average molecular weight is 537 g/mol. The molecule has 2 unspecified atom stereocenters. The van der Waals surface area contributed by atoms with E-state index in [1.54, 1.807) is 0 Å². The van der Waals surface area contributed by atoms with Crippen LogP contribution in [0.25, 0.3) is 0 Å². The Morgan fingerprint density at radius 1 is 0.763 bits per heavy atom. The third kappa shape index (κ3) is 8.16. The van der Waals surface area contributed by atoms with Crippen molar-refractivity contribution in [3.8, 4) is 0 Å². The second-order valence-electron chi connectivity index (χ2n) is 9.01. The summed E-state index contributed by atoms with van der Waals surface area (Å²) in [5.41, 5.74) is 1.52. The molecule has 1 N–H and O–H groups in total. The van der Waals surface area contributed by atoms with E-state index >= 15 is 0 Å². The first kappa shape index (κ1) is 27.9. The van der Waals surface area contributed by atoms with Crippen LogP contribution in [0.15, 0.2) is 95.9 Å². The fraction of sp³-hybridized carbons (Fsp3) is 0.333. The summed E-state index contributed by atoms with van der Waals surface area (Å²) in [5, 5.41) is 9.00. The van der Waals surface area contributed by atoms with Crippen LogP contribution in [0, 0.1) is 0 Å². The molecule has 1 aliphatic heterocycles. The number of rotatable bonds is 12. The van der Waals surface area contributed by atoms with Gasteiger partial charge in [0, 0.05) is 4.90 Å². The minimum Gasteiger partial charge on any atom is -0.481 e. The van der Waals surface area contributed by atoms with Gasteiger partial charge in [-0.3, -0.25) is 9.59 Å². The predicted molar refractivity (Wildman–Crippen MR) is 143 cm³/mol. The molecule has 3 aromatic carbocycles. The molecule has 5 atom stereocenters. The van der Waals surface area contributed by atoms with Gasteiger partial charge in [0.2, 0.25) is 0 Å². The molecule has 8 heteroatoms. The van der Waals surface area contributed by atoms with E-state index in [-0.39, 0.29) is 19.4 Å². The van der Waals surface area contributed by atoms with Crippen LogP contribution in [-0.4, -0.2) is 46.9 Å². The lowest BCUT2D eigenvalue weighted by molar-refractivity contribution is -0.238. The quantitative estimate of drug-likeness (QED) is 0.305. The minimum atomic E-state index is -1.06. The van der Waals surface area contributed by atoms with E-state index in [9.17, 15) is 9.59 Å². The monoisotopic (exact) mass is 536 g/mol. The van der Waals surface area contributed by atoms with E-state index in [2.05, 4.69) is 0 Å². The van der Waals surface area contributed by atoms with Crippen LogP contribution in [0.2, 0.25) is 0 Å². The number of benzene rings is 3. The highest BCUT2D eigenvalue weighted by Gasteiger charge is 2.48. The van der Waals surface area contributed by atoms with Gasteiger partial charge in [-0.15, -0.1) is 0 Å². The molecule has 1 saturated heterocycles. The zero-order valence-electron chi connectivity index (χ0n) is 21.2. The number of thioether (sulfide) groups is 1. The zero-order chi connectivity index (χ0) is 26.7. The lowest BCUT2D eigenvalue weighted by atomic mass is 9.99. The fourth-order valence-corrected chi connectivity index (χ4v) is 5.36. The van der Waals surface area contributed by atoms with Gasteiger partial charge in [-0.25, -0.2) is 0 Å². The normalized spacial score (nSPS) is 23.0. The van der Waals surface area contributed by atoms with Crippen molar-refractivity contribution in [2.24, 2.45) is 0 Å². The maximum Gasteiger partial charge on any atom is 0.306 e. The Kier molecular flexibility index (Phi) is 10.3. The van der Waals surface area contributed by atoms with Gasteiger partial charge in [0.25, 0.3) is 0 Å². The maximum atomic E-state index is 12.6. The molecule has 0 amide bonds. The van der Waals surface area contributed by atoms with Gasteiger partial charge >= 0.3 is 11.9 Å². The Bertz CT molecular complexity index is 1140. The number of hydrogen-bond acceptors (Lipinski definition) is 7. The molecular formula is C30H32O7S. The smallest absolute Gasteiger partial charge is 0.306 e. The largest absolute Gasteiger partial charge is 0.481 e. The lowest BCUT2D eigenvalue weighted by Crippen LogP contribution is -2.59. The molecule has 4 rings (SSSR count). The summed E-state index contributed by atoms with van der Waals surface area (Å²) in [4.78, 5) is 24.6. The van der Waals surface area contributed by atoms with Crippen LogP contribution in [0.4, 0.5) is 0 Å². The molecule has 1 heterocycles. The maximum absolute atomic E-state index is 12.6. The summed E-state index contributed by atoms with van der Waals surface area (Å²) >= 11 is 1.53. The summed E-state index contributed by atoms with van der Waals surface area (Å²) in [5.74, 6) is -1.67.